The number of aromatic nitrogens is 1. The number of allylic oxidation sites excluding steroid dienone is 1. The van der Waals surface area contributed by atoms with Gasteiger partial charge in [0.1, 0.15) is 17.2 Å². The van der Waals surface area contributed by atoms with Crippen LogP contribution in [-0.2, 0) is 22.5 Å². The minimum absolute atomic E-state index is 0.283. The Morgan fingerprint density at radius 2 is 1.89 bits per heavy atom. The van der Waals surface area contributed by atoms with Crippen LogP contribution in [0.5, 0.6) is 11.5 Å². The number of carbonyl (C=O) groups is 2. The molecular formula is C30H30N2O5. The summed E-state index contributed by atoms with van der Waals surface area (Å²) in [4.78, 5) is 29.9. The minimum atomic E-state index is -0.345. The van der Waals surface area contributed by atoms with Gasteiger partial charge in [-0.15, -0.1) is 0 Å². The second kappa shape index (κ2) is 12.0. The number of ether oxygens (including phenoxy) is 3. The van der Waals surface area contributed by atoms with E-state index in [0.29, 0.717) is 35.1 Å². The highest BCUT2D eigenvalue weighted by Crippen LogP contribution is 2.27. The number of nitrogens with one attached hydrogen (secondary N) is 1. The summed E-state index contributed by atoms with van der Waals surface area (Å²) in [6.07, 6.45) is 7.35. The number of benzene rings is 2. The number of esters is 1. The van der Waals surface area contributed by atoms with Crippen molar-refractivity contribution in [1.29, 1.82) is 0 Å². The van der Waals surface area contributed by atoms with E-state index in [0.717, 1.165) is 35.1 Å². The molecule has 190 valence electrons. The lowest BCUT2D eigenvalue weighted by Crippen LogP contribution is -2.24. The Morgan fingerprint density at radius 3 is 2.68 bits per heavy atom. The molecule has 0 fully saturated rings. The standard InChI is InChI=1S/C30H30N2O5/c1-4-37-30(34)22-9-6-5-8-20-12-13-21(16-24(20)17-22)26-10-7-11-27(32-26)29(33)31-19-23-14-15-25(35-2)18-28(23)36-3/h6-7,9-18H,4-5,8,19H2,1-3H3,(H,31,33)/b9-6+,22-17+. The Hall–Kier alpha value is -4.39. The molecule has 0 unspecified atom stereocenters. The van der Waals surface area contributed by atoms with Crippen molar-refractivity contribution >= 4 is 18.0 Å². The molecule has 1 aliphatic rings. The zero-order valence-electron chi connectivity index (χ0n) is 21.2. The highest BCUT2D eigenvalue weighted by atomic mass is 16.5. The van der Waals surface area contributed by atoms with Gasteiger partial charge in [-0.05, 0) is 67.3 Å². The Balaban J connectivity index is 1.56. The molecule has 0 saturated carbocycles. The smallest absolute Gasteiger partial charge is 0.338 e. The molecule has 0 aliphatic heterocycles. The lowest BCUT2D eigenvalue weighted by molar-refractivity contribution is -0.138. The maximum absolute atomic E-state index is 12.9. The number of rotatable bonds is 8. The lowest BCUT2D eigenvalue weighted by atomic mass is 9.95. The fraction of sp³-hybridized carbons (Fsp3) is 0.233. The molecule has 0 bridgehead atoms. The third-order valence-electron chi connectivity index (χ3n) is 6.06. The van der Waals surface area contributed by atoms with Crippen molar-refractivity contribution in [2.75, 3.05) is 20.8 Å². The van der Waals surface area contributed by atoms with Crippen LogP contribution < -0.4 is 14.8 Å². The number of amides is 1. The number of fused-ring (bicyclic) bond motifs is 1. The first-order chi connectivity index (χ1) is 18.0. The summed E-state index contributed by atoms with van der Waals surface area (Å²) in [7, 11) is 3.17. The maximum Gasteiger partial charge on any atom is 0.338 e. The predicted molar refractivity (Wildman–Crippen MR) is 142 cm³/mol. The van der Waals surface area contributed by atoms with E-state index < -0.39 is 0 Å². The molecule has 1 aromatic heterocycles. The number of hydrogen-bond acceptors (Lipinski definition) is 6. The van der Waals surface area contributed by atoms with Crippen molar-refractivity contribution < 1.29 is 23.8 Å². The molecule has 3 aromatic rings. The third kappa shape index (κ3) is 6.25. The number of nitrogens with zero attached hydrogens (tertiary/aromatic N) is 1. The summed E-state index contributed by atoms with van der Waals surface area (Å²) in [6.45, 7) is 2.39. The Bertz CT molecular complexity index is 1360. The Labute approximate surface area is 216 Å². The zero-order valence-corrected chi connectivity index (χ0v) is 21.2. The highest BCUT2D eigenvalue weighted by Gasteiger charge is 2.14. The summed E-state index contributed by atoms with van der Waals surface area (Å²) < 4.78 is 15.8. The van der Waals surface area contributed by atoms with Crippen LogP contribution in [0, 0.1) is 0 Å². The van der Waals surface area contributed by atoms with Crippen LogP contribution in [0.3, 0.4) is 0 Å². The molecule has 1 heterocycles. The Kier molecular flexibility index (Phi) is 8.36. The number of hydrogen-bond donors (Lipinski definition) is 1. The van der Waals surface area contributed by atoms with Crippen LogP contribution in [0.25, 0.3) is 17.3 Å². The molecule has 1 amide bonds. The van der Waals surface area contributed by atoms with E-state index in [-0.39, 0.29) is 18.4 Å². The third-order valence-corrected chi connectivity index (χ3v) is 6.06. The maximum atomic E-state index is 12.9. The molecule has 0 spiro atoms. The molecule has 7 heteroatoms. The summed E-state index contributed by atoms with van der Waals surface area (Å²) in [5.74, 6) is 0.674. The van der Waals surface area contributed by atoms with E-state index in [1.807, 2.05) is 60.7 Å². The molecule has 1 aliphatic carbocycles. The van der Waals surface area contributed by atoms with Gasteiger partial charge in [0.25, 0.3) is 5.91 Å². The van der Waals surface area contributed by atoms with Crippen molar-refractivity contribution in [2.45, 2.75) is 26.3 Å². The van der Waals surface area contributed by atoms with Gasteiger partial charge in [-0.3, -0.25) is 4.79 Å². The summed E-state index contributed by atoms with van der Waals surface area (Å²) in [5.41, 5.74) is 5.24. The lowest BCUT2D eigenvalue weighted by Gasteiger charge is -2.13. The molecule has 37 heavy (non-hydrogen) atoms. The van der Waals surface area contributed by atoms with Gasteiger partial charge < -0.3 is 19.5 Å². The number of pyridine rings is 1. The van der Waals surface area contributed by atoms with Gasteiger partial charge in [0.05, 0.1) is 32.1 Å². The number of methoxy groups -OCH3 is 2. The topological polar surface area (TPSA) is 86.8 Å². The van der Waals surface area contributed by atoms with Crippen molar-refractivity contribution in [3.8, 4) is 22.8 Å². The fourth-order valence-corrected chi connectivity index (χ4v) is 4.11. The first-order valence-corrected chi connectivity index (χ1v) is 12.2. The first kappa shape index (κ1) is 25.7. The van der Waals surface area contributed by atoms with Crippen molar-refractivity contribution in [3.05, 3.63) is 94.7 Å². The second-order valence-corrected chi connectivity index (χ2v) is 8.44. The largest absolute Gasteiger partial charge is 0.497 e. The van der Waals surface area contributed by atoms with Crippen LogP contribution in [-0.4, -0.2) is 37.7 Å². The molecule has 2 aromatic carbocycles. The van der Waals surface area contributed by atoms with E-state index in [2.05, 4.69) is 10.3 Å². The van der Waals surface area contributed by atoms with Crippen LogP contribution >= 0.6 is 0 Å². The summed E-state index contributed by atoms with van der Waals surface area (Å²) in [6, 6.07) is 16.9. The molecule has 0 atom stereocenters. The van der Waals surface area contributed by atoms with Crippen LogP contribution in [0.1, 0.15) is 40.5 Å². The number of aryl methyl sites for hydroxylation is 1. The van der Waals surface area contributed by atoms with Crippen LogP contribution in [0.2, 0.25) is 0 Å². The highest BCUT2D eigenvalue weighted by molar-refractivity contribution is 5.97. The van der Waals surface area contributed by atoms with Crippen molar-refractivity contribution in [2.24, 2.45) is 0 Å². The molecule has 1 N–H and O–H groups in total. The van der Waals surface area contributed by atoms with Gasteiger partial charge in [-0.1, -0.05) is 30.4 Å². The van der Waals surface area contributed by atoms with Gasteiger partial charge in [0.2, 0.25) is 0 Å². The Morgan fingerprint density at radius 1 is 1.03 bits per heavy atom. The van der Waals surface area contributed by atoms with Crippen molar-refractivity contribution in [1.82, 2.24) is 10.3 Å². The quantitative estimate of drug-likeness (QED) is 0.433. The van der Waals surface area contributed by atoms with E-state index in [9.17, 15) is 9.59 Å². The first-order valence-electron chi connectivity index (χ1n) is 12.2. The second-order valence-electron chi connectivity index (χ2n) is 8.44. The van der Waals surface area contributed by atoms with Crippen LogP contribution in [0.15, 0.2) is 72.3 Å². The monoisotopic (exact) mass is 498 g/mol. The van der Waals surface area contributed by atoms with E-state index in [1.54, 1.807) is 33.3 Å². The van der Waals surface area contributed by atoms with Gasteiger partial charge in [0.15, 0.2) is 0 Å². The van der Waals surface area contributed by atoms with E-state index >= 15 is 0 Å². The van der Waals surface area contributed by atoms with E-state index in [4.69, 9.17) is 14.2 Å². The summed E-state index contributed by atoms with van der Waals surface area (Å²) >= 11 is 0. The molecule has 7 nitrogen and oxygen atoms in total. The van der Waals surface area contributed by atoms with E-state index in [1.165, 1.54) is 0 Å². The number of carbonyl (C=O) groups excluding carboxylic acids is 2. The van der Waals surface area contributed by atoms with Crippen LogP contribution in [0.4, 0.5) is 0 Å². The minimum Gasteiger partial charge on any atom is -0.497 e. The summed E-state index contributed by atoms with van der Waals surface area (Å²) in [5, 5.41) is 2.91. The zero-order chi connectivity index (χ0) is 26.2. The molecule has 0 radical (unpaired) electrons. The fourth-order valence-electron chi connectivity index (χ4n) is 4.11. The predicted octanol–water partition coefficient (Wildman–Crippen LogP) is 5.14. The molecular weight excluding hydrogens is 468 g/mol. The molecule has 0 saturated heterocycles. The molecule has 4 rings (SSSR count). The average Bonchev–Trinajstić information content (AvgIpc) is 2.92. The van der Waals surface area contributed by atoms with Gasteiger partial charge in [-0.2, -0.15) is 0 Å². The van der Waals surface area contributed by atoms with Crippen molar-refractivity contribution in [3.63, 3.8) is 0 Å². The normalized spacial score (nSPS) is 14.7. The van der Waals surface area contributed by atoms with Gasteiger partial charge in [0, 0.05) is 23.7 Å². The average molecular weight is 499 g/mol. The van der Waals surface area contributed by atoms with Gasteiger partial charge in [-0.25, -0.2) is 9.78 Å². The van der Waals surface area contributed by atoms with Gasteiger partial charge >= 0.3 is 5.97 Å². The SMILES string of the molecule is CCOC(=O)C1=C/c2cc(-c3cccc(C(=O)NCc4ccc(OC)cc4OC)n3)ccc2CC\C=C\1.